The second-order valence-electron chi connectivity index (χ2n) is 5.52. The van der Waals surface area contributed by atoms with Gasteiger partial charge in [-0.25, -0.2) is 4.39 Å². The van der Waals surface area contributed by atoms with Gasteiger partial charge >= 0.3 is 0 Å². The highest BCUT2D eigenvalue weighted by atomic mass is 19.1. The van der Waals surface area contributed by atoms with Crippen LogP contribution >= 0.6 is 0 Å². The Morgan fingerprint density at radius 1 is 1.05 bits per heavy atom. The van der Waals surface area contributed by atoms with Crippen LogP contribution in [-0.2, 0) is 6.54 Å². The van der Waals surface area contributed by atoms with E-state index in [1.807, 2.05) is 6.07 Å². The van der Waals surface area contributed by atoms with Gasteiger partial charge in [0, 0.05) is 18.2 Å². The van der Waals surface area contributed by atoms with Crippen molar-refractivity contribution in [3.63, 3.8) is 0 Å². The minimum Gasteiger partial charge on any atom is -0.438 e. The monoisotopic (exact) mass is 275 g/mol. The number of ether oxygens (including phenoxy) is 1. The molecule has 0 aliphatic heterocycles. The van der Waals surface area contributed by atoms with Crippen LogP contribution in [0.25, 0.3) is 0 Å². The topological polar surface area (TPSA) is 47.0 Å². The first kappa shape index (κ1) is 14.4. The van der Waals surface area contributed by atoms with Crippen molar-refractivity contribution < 1.29 is 9.13 Å². The molecule has 2 rings (SSSR count). The lowest BCUT2D eigenvalue weighted by molar-refractivity contribution is 0.416. The molecule has 0 aliphatic carbocycles. The second-order valence-corrected chi connectivity index (χ2v) is 5.52. The predicted octanol–water partition coefficient (Wildman–Crippen LogP) is 3.30. The lowest BCUT2D eigenvalue weighted by Gasteiger charge is -2.19. The maximum Gasteiger partial charge on any atom is 0.238 e. The van der Waals surface area contributed by atoms with Crippen molar-refractivity contribution in [2.24, 2.45) is 0 Å². The molecule has 0 unspecified atom stereocenters. The summed E-state index contributed by atoms with van der Waals surface area (Å²) in [7, 11) is 0. The molecular weight excluding hydrogens is 257 g/mol. The largest absolute Gasteiger partial charge is 0.438 e. The van der Waals surface area contributed by atoms with E-state index in [0.29, 0.717) is 18.2 Å². The summed E-state index contributed by atoms with van der Waals surface area (Å²) >= 11 is 0. The highest BCUT2D eigenvalue weighted by molar-refractivity contribution is 5.26. The molecule has 2 aromatic rings. The van der Waals surface area contributed by atoms with E-state index in [4.69, 9.17) is 4.74 Å². The number of rotatable bonds is 4. The number of hydrogen-bond donors (Lipinski definition) is 1. The quantitative estimate of drug-likeness (QED) is 0.930. The molecular formula is C15H18FN3O. The fourth-order valence-electron chi connectivity index (χ4n) is 1.48. The first-order valence-electron chi connectivity index (χ1n) is 6.43. The summed E-state index contributed by atoms with van der Waals surface area (Å²) in [5.41, 5.74) is 0.872. The molecule has 1 aromatic carbocycles. The number of aromatic nitrogens is 2. The highest BCUT2D eigenvalue weighted by Crippen LogP contribution is 2.18. The standard InChI is InChI=1S/C15H18FN3O/c1-15(2,3)17-10-12-6-9-14(19-18-12)20-13-7-4-11(16)5-8-13/h4-9,17H,10H2,1-3H3. The zero-order valence-corrected chi connectivity index (χ0v) is 11.9. The summed E-state index contributed by atoms with van der Waals surface area (Å²) in [6, 6.07) is 9.37. The molecule has 0 atom stereocenters. The Morgan fingerprint density at radius 2 is 1.75 bits per heavy atom. The SMILES string of the molecule is CC(C)(C)NCc1ccc(Oc2ccc(F)cc2)nn1. The Balaban J connectivity index is 1.96. The Bertz CT molecular complexity index is 547. The highest BCUT2D eigenvalue weighted by Gasteiger charge is 2.09. The van der Waals surface area contributed by atoms with E-state index < -0.39 is 0 Å². The van der Waals surface area contributed by atoms with E-state index in [0.717, 1.165) is 5.69 Å². The van der Waals surface area contributed by atoms with Crippen LogP contribution in [0, 0.1) is 5.82 Å². The van der Waals surface area contributed by atoms with Crippen molar-refractivity contribution in [3.8, 4) is 11.6 Å². The van der Waals surface area contributed by atoms with Gasteiger partial charge in [0.25, 0.3) is 0 Å². The van der Waals surface area contributed by atoms with Crippen molar-refractivity contribution >= 4 is 0 Å². The second kappa shape index (κ2) is 5.96. The summed E-state index contributed by atoms with van der Waals surface area (Å²) in [6.45, 7) is 6.92. The molecule has 0 spiro atoms. The average Bonchev–Trinajstić information content (AvgIpc) is 2.40. The van der Waals surface area contributed by atoms with Crippen molar-refractivity contribution in [1.82, 2.24) is 15.5 Å². The molecule has 20 heavy (non-hydrogen) atoms. The average molecular weight is 275 g/mol. The van der Waals surface area contributed by atoms with E-state index in [2.05, 4.69) is 36.3 Å². The lowest BCUT2D eigenvalue weighted by Crippen LogP contribution is -2.35. The number of halogens is 1. The smallest absolute Gasteiger partial charge is 0.238 e. The fraction of sp³-hybridized carbons (Fsp3) is 0.333. The van der Waals surface area contributed by atoms with Crippen molar-refractivity contribution in [3.05, 3.63) is 47.9 Å². The minimum atomic E-state index is -0.299. The van der Waals surface area contributed by atoms with Crippen LogP contribution in [0.5, 0.6) is 11.6 Å². The van der Waals surface area contributed by atoms with Crippen molar-refractivity contribution in [1.29, 1.82) is 0 Å². The van der Waals surface area contributed by atoms with E-state index in [-0.39, 0.29) is 11.4 Å². The summed E-state index contributed by atoms with van der Waals surface area (Å²) in [5, 5.41) is 11.4. The Hall–Kier alpha value is -2.01. The molecule has 4 nitrogen and oxygen atoms in total. The van der Waals surface area contributed by atoms with Gasteiger partial charge in [-0.15, -0.1) is 5.10 Å². The third-order valence-electron chi connectivity index (χ3n) is 2.53. The molecule has 1 aromatic heterocycles. The zero-order chi connectivity index (χ0) is 14.6. The summed E-state index contributed by atoms with van der Waals surface area (Å²) < 4.78 is 18.2. The normalized spacial score (nSPS) is 11.4. The third kappa shape index (κ3) is 4.59. The summed E-state index contributed by atoms with van der Waals surface area (Å²) in [5.74, 6) is 0.615. The molecule has 0 fully saturated rings. The first-order chi connectivity index (χ1) is 9.42. The van der Waals surface area contributed by atoms with E-state index in [1.54, 1.807) is 18.2 Å². The van der Waals surface area contributed by atoms with Gasteiger partial charge in [0.15, 0.2) is 0 Å². The fourth-order valence-corrected chi connectivity index (χ4v) is 1.48. The lowest BCUT2D eigenvalue weighted by atomic mass is 10.1. The number of nitrogens with zero attached hydrogens (tertiary/aromatic N) is 2. The maximum absolute atomic E-state index is 12.8. The first-order valence-corrected chi connectivity index (χ1v) is 6.43. The molecule has 1 heterocycles. The Kier molecular flexibility index (Phi) is 4.29. The minimum absolute atomic E-state index is 0.0327. The molecule has 0 saturated heterocycles. The van der Waals surface area contributed by atoms with Crippen LogP contribution in [0.1, 0.15) is 26.5 Å². The zero-order valence-electron chi connectivity index (χ0n) is 11.9. The van der Waals surface area contributed by atoms with E-state index in [9.17, 15) is 4.39 Å². The molecule has 0 aliphatic rings. The summed E-state index contributed by atoms with van der Waals surface area (Å²) in [4.78, 5) is 0. The molecule has 1 N–H and O–H groups in total. The summed E-state index contributed by atoms with van der Waals surface area (Å²) in [6.07, 6.45) is 0. The molecule has 0 amide bonds. The maximum atomic E-state index is 12.8. The molecule has 106 valence electrons. The van der Waals surface area contributed by atoms with Gasteiger partial charge in [0.05, 0.1) is 5.69 Å². The van der Waals surface area contributed by atoms with Gasteiger partial charge in [-0.05, 0) is 51.1 Å². The van der Waals surface area contributed by atoms with Gasteiger partial charge in [-0.2, -0.15) is 5.10 Å². The van der Waals surface area contributed by atoms with Gasteiger partial charge in [-0.1, -0.05) is 0 Å². The van der Waals surface area contributed by atoms with Gasteiger partial charge < -0.3 is 10.1 Å². The molecule has 0 bridgehead atoms. The Labute approximate surface area is 118 Å². The third-order valence-corrected chi connectivity index (χ3v) is 2.53. The molecule has 0 radical (unpaired) electrons. The van der Waals surface area contributed by atoms with Crippen LogP contribution in [0.3, 0.4) is 0 Å². The van der Waals surface area contributed by atoms with Gasteiger partial charge in [-0.3, -0.25) is 0 Å². The van der Waals surface area contributed by atoms with Crippen LogP contribution in [0.4, 0.5) is 4.39 Å². The van der Waals surface area contributed by atoms with Crippen molar-refractivity contribution in [2.75, 3.05) is 0 Å². The van der Waals surface area contributed by atoms with Gasteiger partial charge in [0.2, 0.25) is 5.88 Å². The van der Waals surface area contributed by atoms with E-state index in [1.165, 1.54) is 12.1 Å². The predicted molar refractivity (Wildman–Crippen MR) is 75.1 cm³/mol. The van der Waals surface area contributed by atoms with Crippen LogP contribution in [0.15, 0.2) is 36.4 Å². The van der Waals surface area contributed by atoms with Gasteiger partial charge in [0.1, 0.15) is 11.6 Å². The number of nitrogens with one attached hydrogen (secondary N) is 1. The molecule has 5 heteroatoms. The van der Waals surface area contributed by atoms with Crippen LogP contribution in [0.2, 0.25) is 0 Å². The number of hydrogen-bond acceptors (Lipinski definition) is 4. The van der Waals surface area contributed by atoms with E-state index >= 15 is 0 Å². The number of benzene rings is 1. The van der Waals surface area contributed by atoms with Crippen molar-refractivity contribution in [2.45, 2.75) is 32.9 Å². The van der Waals surface area contributed by atoms with Crippen LogP contribution in [-0.4, -0.2) is 15.7 Å². The molecule has 0 saturated carbocycles. The Morgan fingerprint density at radius 3 is 2.30 bits per heavy atom. The van der Waals surface area contributed by atoms with Crippen LogP contribution < -0.4 is 10.1 Å².